The van der Waals surface area contributed by atoms with Crippen molar-refractivity contribution in [1.29, 1.82) is 0 Å². The molecule has 4 rings (SSSR count). The normalized spacial score (nSPS) is 23.2. The van der Waals surface area contributed by atoms with Crippen LogP contribution in [0, 0.1) is 35.0 Å². The van der Waals surface area contributed by atoms with E-state index in [0.717, 1.165) is 37.9 Å². The molecule has 2 heterocycles. The second kappa shape index (κ2) is 15.9. The Morgan fingerprint density at radius 1 is 1.16 bits per heavy atom. The molecule has 0 bridgehead atoms. The third-order valence-corrected chi connectivity index (χ3v) is 11.6. The minimum Gasteiger partial charge on any atom is -0.468 e. The van der Waals surface area contributed by atoms with Crippen LogP contribution in [0.1, 0.15) is 85.3 Å². The Hall–Kier alpha value is -3.72. The second-order valence-corrected chi connectivity index (χ2v) is 16.4. The molecule has 0 radical (unpaired) electrons. The van der Waals surface area contributed by atoms with Crippen molar-refractivity contribution >= 4 is 41.3 Å². The highest BCUT2D eigenvalue weighted by Crippen LogP contribution is 2.65. The molecule has 1 aliphatic heterocycles. The minimum absolute atomic E-state index is 0.0779. The number of hydrogen-bond acceptors (Lipinski definition) is 7. The van der Waals surface area contributed by atoms with Crippen molar-refractivity contribution in [3.05, 3.63) is 36.8 Å². The third-order valence-electron chi connectivity index (χ3n) is 10.4. The number of carbonyl (C=O) groups is 5. The Morgan fingerprint density at radius 3 is 2.49 bits per heavy atom. The maximum absolute atomic E-state index is 14.4. The Balaban J connectivity index is 1.50. The number of terminal acetylenes is 1. The molecule has 0 aromatic carbocycles. The lowest BCUT2D eigenvalue weighted by Crippen LogP contribution is -2.63. The van der Waals surface area contributed by atoms with Crippen LogP contribution in [0.4, 0.5) is 4.79 Å². The maximum atomic E-state index is 14.4. The fourth-order valence-electron chi connectivity index (χ4n) is 7.48. The lowest BCUT2D eigenvalue weighted by atomic mass is 9.83. The molecule has 1 aromatic rings. The van der Waals surface area contributed by atoms with E-state index in [-0.39, 0.29) is 42.5 Å². The first-order valence-corrected chi connectivity index (χ1v) is 18.5. The zero-order chi connectivity index (χ0) is 36.0. The number of hydrogen-bond donors (Lipinski definition) is 4. The number of likely N-dealkylation sites (tertiary alicyclic amines) is 1. The summed E-state index contributed by atoms with van der Waals surface area (Å²) >= 11 is 1.71. The van der Waals surface area contributed by atoms with E-state index in [1.54, 1.807) is 22.9 Å². The number of nitrogens with one attached hydrogen (secondary N) is 4. The molecule has 12 heteroatoms. The number of carbonyl (C=O) groups excluding carboxylic acids is 5. The van der Waals surface area contributed by atoms with Gasteiger partial charge >= 0.3 is 6.03 Å². The second-order valence-electron chi connectivity index (χ2n) is 15.4. The molecule has 49 heavy (non-hydrogen) atoms. The van der Waals surface area contributed by atoms with Crippen molar-refractivity contribution in [3.8, 4) is 12.3 Å². The first kappa shape index (κ1) is 38.1. The first-order chi connectivity index (χ1) is 23.1. The number of furan rings is 1. The minimum atomic E-state index is -1.15. The average molecular weight is 696 g/mol. The summed E-state index contributed by atoms with van der Waals surface area (Å²) < 4.78 is 5.49. The van der Waals surface area contributed by atoms with Gasteiger partial charge in [-0.3, -0.25) is 19.2 Å². The number of piperidine rings is 1. The molecular weight excluding hydrogens is 643 g/mol. The highest BCUT2D eigenvalue weighted by Gasteiger charge is 2.70. The lowest BCUT2D eigenvalue weighted by Gasteiger charge is -2.40. The molecule has 5 atom stereocenters. The van der Waals surface area contributed by atoms with E-state index >= 15 is 0 Å². The highest BCUT2D eigenvalue weighted by atomic mass is 32.2. The molecule has 3 fully saturated rings. The van der Waals surface area contributed by atoms with Crippen LogP contribution in [0.15, 0.2) is 35.5 Å². The maximum Gasteiger partial charge on any atom is 0.315 e. The van der Waals surface area contributed by atoms with Crippen LogP contribution >= 0.6 is 11.8 Å². The standard InChI is InChI=1S/C37H53N5O6S/c1-8-10-16-26(29(43)32(45)38-19-9-2)39-31(44)28-27-25(36(27,6)7)21-42(28)33(46)30(35(3,4)5)40-34(47)41-37(17-12-11-13-18-37)23-49-22-24-15-14-20-48-24/h1,9,14-15,20,25-28,30H,2,10-13,16-19,21-23H2,3-7H3,(H,38,45)(H,39,44)(H2,40,41,47)/t25?,26?,27?,28-,30+/m0/s1. The summed E-state index contributed by atoms with van der Waals surface area (Å²) in [6.07, 6.45) is 13.6. The average Bonchev–Trinajstić information content (AvgIpc) is 3.48. The summed E-state index contributed by atoms with van der Waals surface area (Å²) in [5.74, 6) is 2.19. The summed E-state index contributed by atoms with van der Waals surface area (Å²) in [5, 5.41) is 11.5. The van der Waals surface area contributed by atoms with Gasteiger partial charge in [0.1, 0.15) is 17.8 Å². The van der Waals surface area contributed by atoms with Crippen molar-refractivity contribution in [3.63, 3.8) is 0 Å². The van der Waals surface area contributed by atoms with E-state index in [1.807, 2.05) is 32.9 Å². The van der Waals surface area contributed by atoms with E-state index in [4.69, 9.17) is 10.8 Å². The van der Waals surface area contributed by atoms with Crippen LogP contribution in [-0.4, -0.2) is 76.9 Å². The first-order valence-electron chi connectivity index (χ1n) is 17.3. The van der Waals surface area contributed by atoms with Gasteiger partial charge in [-0.1, -0.05) is 60.0 Å². The number of nitrogens with zero attached hydrogens (tertiary/aromatic N) is 1. The molecule has 1 aromatic heterocycles. The molecule has 5 amide bonds. The third kappa shape index (κ3) is 9.10. The molecule has 3 aliphatic rings. The van der Waals surface area contributed by atoms with E-state index in [2.05, 4.69) is 47.6 Å². The Morgan fingerprint density at radius 2 is 1.88 bits per heavy atom. The molecule has 2 saturated carbocycles. The van der Waals surface area contributed by atoms with E-state index in [9.17, 15) is 24.0 Å². The number of Topliss-reactive ketones (excluding diaryl/α,β-unsaturated/α-hetero) is 1. The highest BCUT2D eigenvalue weighted by molar-refractivity contribution is 7.98. The number of amides is 5. The van der Waals surface area contributed by atoms with Crippen LogP contribution in [0.25, 0.3) is 0 Å². The number of rotatable bonds is 15. The number of thioether (sulfide) groups is 1. The van der Waals surface area contributed by atoms with Gasteiger partial charge in [-0.25, -0.2) is 4.79 Å². The summed E-state index contributed by atoms with van der Waals surface area (Å²) in [4.78, 5) is 69.3. The van der Waals surface area contributed by atoms with Crippen molar-refractivity contribution in [2.75, 3.05) is 18.8 Å². The predicted molar refractivity (Wildman–Crippen MR) is 190 cm³/mol. The zero-order valence-electron chi connectivity index (χ0n) is 29.6. The largest absolute Gasteiger partial charge is 0.468 e. The van der Waals surface area contributed by atoms with Gasteiger partial charge < -0.3 is 30.6 Å². The van der Waals surface area contributed by atoms with Crippen molar-refractivity contribution < 1.29 is 28.4 Å². The van der Waals surface area contributed by atoms with Crippen LogP contribution in [-0.2, 0) is 24.9 Å². The zero-order valence-corrected chi connectivity index (χ0v) is 30.4. The van der Waals surface area contributed by atoms with Crippen molar-refractivity contribution in [2.24, 2.45) is 22.7 Å². The molecule has 1 saturated heterocycles. The molecule has 11 nitrogen and oxygen atoms in total. The van der Waals surface area contributed by atoms with Gasteiger partial charge in [0, 0.05) is 25.3 Å². The van der Waals surface area contributed by atoms with Gasteiger partial charge in [-0.05, 0) is 54.1 Å². The van der Waals surface area contributed by atoms with Crippen LogP contribution in [0.5, 0.6) is 0 Å². The van der Waals surface area contributed by atoms with Gasteiger partial charge in [-0.2, -0.15) is 11.8 Å². The SMILES string of the molecule is C#CCCC(NC(=O)[C@@H]1C2C(CN1C(=O)[C@@H](NC(=O)NC1(CSCc3ccco3)CCCCC1)C(C)(C)C)C2(C)C)C(=O)C(=O)NCC=C. The molecule has 3 unspecified atom stereocenters. The Bertz CT molecular complexity index is 1420. The number of fused-ring (bicyclic) bond motifs is 1. The summed E-state index contributed by atoms with van der Waals surface area (Å²) in [6.45, 7) is 13.8. The molecular formula is C37H53N5O6S. The Labute approximate surface area is 294 Å². The quantitative estimate of drug-likeness (QED) is 0.122. The number of ketones is 1. The summed E-state index contributed by atoms with van der Waals surface area (Å²) in [7, 11) is 0. The monoisotopic (exact) mass is 695 g/mol. The molecule has 4 N–H and O–H groups in total. The van der Waals surface area contributed by atoms with E-state index in [1.165, 1.54) is 6.08 Å². The van der Waals surface area contributed by atoms with Crippen molar-refractivity contribution in [2.45, 2.75) is 109 Å². The van der Waals surface area contributed by atoms with Gasteiger partial charge in [0.15, 0.2) is 0 Å². The molecule has 0 spiro atoms. The lowest BCUT2D eigenvalue weighted by molar-refractivity contribution is -0.145. The van der Waals surface area contributed by atoms with Crippen LogP contribution in [0.2, 0.25) is 0 Å². The van der Waals surface area contributed by atoms with Gasteiger partial charge in [0.25, 0.3) is 5.91 Å². The topological polar surface area (TPSA) is 150 Å². The smallest absolute Gasteiger partial charge is 0.315 e. The number of urea groups is 1. The van der Waals surface area contributed by atoms with E-state index < -0.39 is 52.7 Å². The van der Waals surface area contributed by atoms with Gasteiger partial charge in [0.05, 0.1) is 23.6 Å². The van der Waals surface area contributed by atoms with Crippen LogP contribution < -0.4 is 21.3 Å². The Kier molecular flexibility index (Phi) is 12.3. The summed E-state index contributed by atoms with van der Waals surface area (Å²) in [5.41, 5.74) is -1.29. The fraction of sp³-hybridized carbons (Fsp3) is 0.649. The van der Waals surface area contributed by atoms with Gasteiger partial charge in [-0.15, -0.1) is 18.9 Å². The van der Waals surface area contributed by atoms with E-state index in [0.29, 0.717) is 18.1 Å². The fourth-order valence-corrected chi connectivity index (χ4v) is 8.69. The summed E-state index contributed by atoms with van der Waals surface area (Å²) in [6, 6.07) is 0.441. The molecule has 268 valence electrons. The van der Waals surface area contributed by atoms with Gasteiger partial charge in [0.2, 0.25) is 17.6 Å². The van der Waals surface area contributed by atoms with Crippen molar-refractivity contribution in [1.82, 2.24) is 26.2 Å². The predicted octanol–water partition coefficient (Wildman–Crippen LogP) is 4.18. The van der Waals surface area contributed by atoms with Crippen LogP contribution in [0.3, 0.4) is 0 Å². The molecule has 2 aliphatic carbocycles.